The highest BCUT2D eigenvalue weighted by Gasteiger charge is 2.16. The van der Waals surface area contributed by atoms with E-state index in [1.54, 1.807) is 6.92 Å². The van der Waals surface area contributed by atoms with Crippen LogP contribution in [0.2, 0.25) is 0 Å². The fraction of sp³-hybridized carbons (Fsp3) is 0.909. The number of nitrogens with one attached hydrogen (secondary N) is 1. The van der Waals surface area contributed by atoms with Crippen LogP contribution in [0.25, 0.3) is 0 Å². The van der Waals surface area contributed by atoms with Gasteiger partial charge in [0.25, 0.3) is 0 Å². The maximum absolute atomic E-state index is 11.1. The molecule has 1 heterocycles. The molecule has 0 aliphatic carbocycles. The van der Waals surface area contributed by atoms with Crippen LogP contribution in [0, 0.1) is 5.92 Å². The van der Waals surface area contributed by atoms with Crippen molar-refractivity contribution in [2.45, 2.75) is 25.9 Å². The molecule has 94 valence electrons. The number of hydrogen-bond donors (Lipinski definition) is 2. The molecule has 2 N–H and O–H groups in total. The summed E-state index contributed by atoms with van der Waals surface area (Å²) in [5.74, 6) is 2.85. The molecule has 2 atom stereocenters. The third-order valence-electron chi connectivity index (χ3n) is 2.54. The molecule has 0 aromatic heterocycles. The number of carbonyl (C=O) groups is 1. The van der Waals surface area contributed by atoms with Crippen LogP contribution >= 0.6 is 11.8 Å². The number of aliphatic hydroxyl groups is 1. The molecule has 0 spiro atoms. The lowest BCUT2D eigenvalue weighted by atomic mass is 10.1. The van der Waals surface area contributed by atoms with Gasteiger partial charge < -0.3 is 15.2 Å². The van der Waals surface area contributed by atoms with E-state index in [2.05, 4.69) is 5.32 Å². The third-order valence-corrected chi connectivity index (χ3v) is 3.78. The van der Waals surface area contributed by atoms with E-state index in [0.29, 0.717) is 13.2 Å². The Morgan fingerprint density at radius 1 is 1.69 bits per heavy atom. The van der Waals surface area contributed by atoms with Crippen molar-refractivity contribution in [1.29, 1.82) is 0 Å². The monoisotopic (exact) mass is 247 g/mol. The van der Waals surface area contributed by atoms with Gasteiger partial charge in [-0.25, -0.2) is 0 Å². The lowest BCUT2D eigenvalue weighted by Crippen LogP contribution is -2.32. The summed E-state index contributed by atoms with van der Waals surface area (Å²) in [5.41, 5.74) is 0. The second-order valence-corrected chi connectivity index (χ2v) is 5.20. The Morgan fingerprint density at radius 3 is 3.12 bits per heavy atom. The van der Waals surface area contributed by atoms with Gasteiger partial charge in [0.05, 0.1) is 19.1 Å². The van der Waals surface area contributed by atoms with Gasteiger partial charge in [0.2, 0.25) is 0 Å². The number of rotatable bonds is 7. The SMILES string of the molecule is CCOC(=O)CC(O)CNCC1CCSC1. The molecule has 0 radical (unpaired) electrons. The first-order valence-corrected chi connectivity index (χ1v) is 7.00. The molecule has 0 aromatic rings. The first-order valence-electron chi connectivity index (χ1n) is 5.84. The van der Waals surface area contributed by atoms with Gasteiger partial charge in [0.1, 0.15) is 0 Å². The summed E-state index contributed by atoms with van der Waals surface area (Å²) < 4.78 is 4.76. The van der Waals surface area contributed by atoms with Crippen molar-refractivity contribution in [2.75, 3.05) is 31.2 Å². The van der Waals surface area contributed by atoms with E-state index in [-0.39, 0.29) is 12.4 Å². The highest BCUT2D eigenvalue weighted by atomic mass is 32.2. The number of esters is 1. The molecule has 1 aliphatic heterocycles. The van der Waals surface area contributed by atoms with Crippen molar-refractivity contribution in [3.8, 4) is 0 Å². The fourth-order valence-corrected chi connectivity index (χ4v) is 2.97. The molecule has 1 aliphatic rings. The molecule has 5 heteroatoms. The standard InChI is InChI=1S/C11H21NO3S/c1-2-15-11(14)5-10(13)7-12-6-9-3-4-16-8-9/h9-10,12-13H,2-8H2,1H3. The van der Waals surface area contributed by atoms with Crippen molar-refractivity contribution >= 4 is 17.7 Å². The van der Waals surface area contributed by atoms with Crippen LogP contribution < -0.4 is 5.32 Å². The highest BCUT2D eigenvalue weighted by Crippen LogP contribution is 2.22. The lowest BCUT2D eigenvalue weighted by Gasteiger charge is -2.13. The Morgan fingerprint density at radius 2 is 2.50 bits per heavy atom. The molecule has 1 rings (SSSR count). The fourth-order valence-electron chi connectivity index (χ4n) is 1.68. The van der Waals surface area contributed by atoms with Crippen molar-refractivity contribution in [3.63, 3.8) is 0 Å². The van der Waals surface area contributed by atoms with Gasteiger partial charge in [0.15, 0.2) is 0 Å². The molecule has 0 saturated carbocycles. The predicted molar refractivity (Wildman–Crippen MR) is 65.6 cm³/mol. The Balaban J connectivity index is 2.00. The summed E-state index contributed by atoms with van der Waals surface area (Å²) in [5, 5.41) is 12.8. The lowest BCUT2D eigenvalue weighted by molar-refractivity contribution is -0.145. The normalized spacial score (nSPS) is 22.0. The molecule has 1 fully saturated rings. The smallest absolute Gasteiger partial charge is 0.308 e. The van der Waals surface area contributed by atoms with E-state index in [1.807, 2.05) is 11.8 Å². The molecule has 16 heavy (non-hydrogen) atoms. The van der Waals surface area contributed by atoms with Crippen LogP contribution in [0.4, 0.5) is 0 Å². The number of thioether (sulfide) groups is 1. The second-order valence-electron chi connectivity index (χ2n) is 4.05. The van der Waals surface area contributed by atoms with E-state index in [1.165, 1.54) is 17.9 Å². The molecular formula is C11H21NO3S. The predicted octanol–water partition coefficient (Wildman–Crippen LogP) is 0.643. The summed E-state index contributed by atoms with van der Waals surface area (Å²) in [6.07, 6.45) is 0.708. The van der Waals surface area contributed by atoms with Gasteiger partial charge in [-0.15, -0.1) is 0 Å². The minimum absolute atomic E-state index is 0.0836. The molecular weight excluding hydrogens is 226 g/mol. The van der Waals surface area contributed by atoms with Gasteiger partial charge in [-0.2, -0.15) is 11.8 Å². The van der Waals surface area contributed by atoms with Crippen LogP contribution in [0.15, 0.2) is 0 Å². The minimum atomic E-state index is -0.631. The molecule has 1 saturated heterocycles. The average molecular weight is 247 g/mol. The molecule has 4 nitrogen and oxygen atoms in total. The zero-order valence-corrected chi connectivity index (χ0v) is 10.6. The van der Waals surface area contributed by atoms with Crippen LogP contribution in [0.5, 0.6) is 0 Å². The summed E-state index contributed by atoms with van der Waals surface area (Å²) in [6, 6.07) is 0. The quantitative estimate of drug-likeness (QED) is 0.647. The number of ether oxygens (including phenoxy) is 1. The Labute approximate surface area is 101 Å². The maximum Gasteiger partial charge on any atom is 0.308 e. The van der Waals surface area contributed by atoms with E-state index < -0.39 is 6.10 Å². The van der Waals surface area contributed by atoms with Crippen molar-refractivity contribution in [3.05, 3.63) is 0 Å². The minimum Gasteiger partial charge on any atom is -0.466 e. The number of carbonyl (C=O) groups excluding carboxylic acids is 1. The number of aliphatic hydroxyl groups excluding tert-OH is 1. The highest BCUT2D eigenvalue weighted by molar-refractivity contribution is 7.99. The van der Waals surface area contributed by atoms with Gasteiger partial charge in [-0.1, -0.05) is 0 Å². The summed E-state index contributed by atoms with van der Waals surface area (Å²) in [4.78, 5) is 11.1. The van der Waals surface area contributed by atoms with Crippen LogP contribution in [-0.2, 0) is 9.53 Å². The molecule has 0 bridgehead atoms. The van der Waals surface area contributed by atoms with E-state index >= 15 is 0 Å². The van der Waals surface area contributed by atoms with E-state index in [4.69, 9.17) is 4.74 Å². The van der Waals surface area contributed by atoms with E-state index in [9.17, 15) is 9.90 Å². The first kappa shape index (κ1) is 13.8. The van der Waals surface area contributed by atoms with Crippen LogP contribution in [0.3, 0.4) is 0 Å². The third kappa shape index (κ3) is 5.72. The topological polar surface area (TPSA) is 58.6 Å². The maximum atomic E-state index is 11.1. The van der Waals surface area contributed by atoms with Crippen molar-refractivity contribution in [1.82, 2.24) is 5.32 Å². The molecule has 2 unspecified atom stereocenters. The Hall–Kier alpha value is -0.260. The first-order chi connectivity index (χ1) is 7.72. The van der Waals surface area contributed by atoms with Gasteiger partial charge in [0, 0.05) is 6.54 Å². The van der Waals surface area contributed by atoms with Crippen molar-refractivity contribution < 1.29 is 14.6 Å². The number of hydrogen-bond acceptors (Lipinski definition) is 5. The molecule has 0 amide bonds. The zero-order valence-electron chi connectivity index (χ0n) is 9.78. The summed E-state index contributed by atoms with van der Waals surface area (Å²) in [7, 11) is 0. The summed E-state index contributed by atoms with van der Waals surface area (Å²) in [6.45, 7) is 3.55. The van der Waals surface area contributed by atoms with Gasteiger partial charge in [-0.3, -0.25) is 4.79 Å². The van der Waals surface area contributed by atoms with Gasteiger partial charge >= 0.3 is 5.97 Å². The Bertz CT molecular complexity index is 207. The zero-order chi connectivity index (χ0) is 11.8. The largest absolute Gasteiger partial charge is 0.466 e. The van der Waals surface area contributed by atoms with Crippen molar-refractivity contribution in [2.24, 2.45) is 5.92 Å². The van der Waals surface area contributed by atoms with E-state index in [0.717, 1.165) is 12.5 Å². The summed E-state index contributed by atoms with van der Waals surface area (Å²) >= 11 is 1.98. The second kappa shape index (κ2) is 7.92. The van der Waals surface area contributed by atoms with Gasteiger partial charge in [-0.05, 0) is 37.3 Å². The Kier molecular flexibility index (Phi) is 6.84. The van der Waals surface area contributed by atoms with Crippen LogP contribution in [-0.4, -0.2) is 48.4 Å². The van der Waals surface area contributed by atoms with Crippen LogP contribution in [0.1, 0.15) is 19.8 Å². The average Bonchev–Trinajstić information content (AvgIpc) is 2.70. The molecule has 0 aromatic carbocycles.